The van der Waals surface area contributed by atoms with Gasteiger partial charge in [-0.3, -0.25) is 4.79 Å². The molecule has 1 atom stereocenters. The molecule has 0 spiro atoms. The van der Waals surface area contributed by atoms with Gasteiger partial charge in [-0.2, -0.15) is 0 Å². The Hall–Kier alpha value is -2.10. The number of pyridine rings is 1. The van der Waals surface area contributed by atoms with Gasteiger partial charge in [-0.15, -0.1) is 0 Å². The Morgan fingerprint density at radius 1 is 1.21 bits per heavy atom. The summed E-state index contributed by atoms with van der Waals surface area (Å²) in [6.07, 6.45) is 2.56. The van der Waals surface area contributed by atoms with E-state index in [0.29, 0.717) is 0 Å². The Morgan fingerprint density at radius 2 is 1.89 bits per heavy atom. The van der Waals surface area contributed by atoms with Gasteiger partial charge < -0.3 is 9.88 Å². The molecule has 1 aromatic heterocycles. The van der Waals surface area contributed by atoms with Gasteiger partial charge >= 0.3 is 0 Å². The Morgan fingerprint density at radius 3 is 2.53 bits per heavy atom. The smallest absolute Gasteiger partial charge is 0.250 e. The van der Waals surface area contributed by atoms with E-state index in [1.165, 1.54) is 22.8 Å². The lowest BCUT2D eigenvalue weighted by Gasteiger charge is -2.15. The van der Waals surface area contributed by atoms with E-state index in [0.717, 1.165) is 17.7 Å². The number of aryl methyl sites for hydroxylation is 1. The van der Waals surface area contributed by atoms with Crippen molar-refractivity contribution in [3.05, 3.63) is 64.3 Å². The van der Waals surface area contributed by atoms with Crippen molar-refractivity contribution in [2.45, 2.75) is 19.4 Å². The molecule has 0 aliphatic rings. The maximum atomic E-state index is 12.8. The van der Waals surface area contributed by atoms with Gasteiger partial charge in [-0.1, -0.05) is 12.1 Å². The van der Waals surface area contributed by atoms with Crippen LogP contribution in [0.3, 0.4) is 0 Å². The third kappa shape index (κ3) is 3.68. The van der Waals surface area contributed by atoms with Crippen molar-refractivity contribution in [1.82, 2.24) is 4.57 Å². The van der Waals surface area contributed by atoms with Crippen LogP contribution in [-0.4, -0.2) is 10.6 Å². The minimum absolute atomic E-state index is 0.0308. The zero-order chi connectivity index (χ0) is 13.8. The van der Waals surface area contributed by atoms with E-state index in [2.05, 4.69) is 12.2 Å². The van der Waals surface area contributed by atoms with E-state index < -0.39 is 0 Å². The van der Waals surface area contributed by atoms with Crippen molar-refractivity contribution >= 4 is 5.69 Å². The van der Waals surface area contributed by atoms with Crippen molar-refractivity contribution in [2.75, 3.05) is 5.32 Å². The highest BCUT2D eigenvalue weighted by molar-refractivity contribution is 5.41. The highest BCUT2D eigenvalue weighted by atomic mass is 19.1. The maximum Gasteiger partial charge on any atom is 0.250 e. The summed E-state index contributed by atoms with van der Waals surface area (Å²) in [5, 5.41) is 3.32. The SMILES string of the molecule is CC(Cc1ccc(F)cc1)Nc1ccc(=O)n(C)c1. The minimum atomic E-state index is -0.220. The predicted octanol–water partition coefficient (Wildman–Crippen LogP) is 2.57. The van der Waals surface area contributed by atoms with Crippen LogP contribution in [0.15, 0.2) is 47.4 Å². The monoisotopic (exact) mass is 260 g/mol. The first-order valence-electron chi connectivity index (χ1n) is 6.22. The fourth-order valence-electron chi connectivity index (χ4n) is 1.99. The summed E-state index contributed by atoms with van der Waals surface area (Å²) in [5.41, 5.74) is 1.94. The van der Waals surface area contributed by atoms with Gasteiger partial charge in [0.25, 0.3) is 0 Å². The van der Waals surface area contributed by atoms with E-state index in [-0.39, 0.29) is 17.4 Å². The third-order valence-corrected chi connectivity index (χ3v) is 2.95. The van der Waals surface area contributed by atoms with Gasteiger partial charge in [-0.25, -0.2) is 4.39 Å². The number of aromatic nitrogens is 1. The summed E-state index contributed by atoms with van der Waals surface area (Å²) in [4.78, 5) is 11.3. The summed E-state index contributed by atoms with van der Waals surface area (Å²) >= 11 is 0. The van der Waals surface area contributed by atoms with Gasteiger partial charge in [0.05, 0.1) is 5.69 Å². The zero-order valence-electron chi connectivity index (χ0n) is 11.1. The van der Waals surface area contributed by atoms with E-state index >= 15 is 0 Å². The lowest BCUT2D eigenvalue weighted by Crippen LogP contribution is -2.21. The van der Waals surface area contributed by atoms with Crippen molar-refractivity contribution in [2.24, 2.45) is 7.05 Å². The van der Waals surface area contributed by atoms with Crippen LogP contribution in [0.2, 0.25) is 0 Å². The Labute approximate surface area is 111 Å². The molecule has 1 N–H and O–H groups in total. The van der Waals surface area contributed by atoms with Crippen molar-refractivity contribution in [3.8, 4) is 0 Å². The molecule has 0 amide bonds. The average Bonchev–Trinajstić information content (AvgIpc) is 2.37. The average molecular weight is 260 g/mol. The maximum absolute atomic E-state index is 12.8. The molecule has 1 heterocycles. The van der Waals surface area contributed by atoms with Crippen LogP contribution in [0.25, 0.3) is 0 Å². The number of anilines is 1. The lowest BCUT2D eigenvalue weighted by atomic mass is 10.1. The molecule has 0 aliphatic heterocycles. The standard InChI is InChI=1S/C15H17FN2O/c1-11(9-12-3-5-13(16)6-4-12)17-14-7-8-15(19)18(2)10-14/h3-8,10-11,17H,9H2,1-2H3. The summed E-state index contributed by atoms with van der Waals surface area (Å²) < 4.78 is 14.3. The largest absolute Gasteiger partial charge is 0.381 e. The molecule has 100 valence electrons. The number of hydrogen-bond acceptors (Lipinski definition) is 2. The molecular formula is C15H17FN2O. The molecule has 19 heavy (non-hydrogen) atoms. The molecule has 0 radical (unpaired) electrons. The van der Waals surface area contributed by atoms with Crippen molar-refractivity contribution in [3.63, 3.8) is 0 Å². The van der Waals surface area contributed by atoms with Gasteiger partial charge in [0, 0.05) is 25.4 Å². The van der Waals surface area contributed by atoms with Crippen molar-refractivity contribution in [1.29, 1.82) is 0 Å². The van der Waals surface area contributed by atoms with Gasteiger partial charge in [0.2, 0.25) is 5.56 Å². The normalized spacial score (nSPS) is 12.2. The molecule has 2 rings (SSSR count). The van der Waals surface area contributed by atoms with E-state index in [1.807, 2.05) is 0 Å². The minimum Gasteiger partial charge on any atom is -0.381 e. The molecule has 1 unspecified atom stereocenters. The molecule has 1 aromatic carbocycles. The second kappa shape index (κ2) is 5.69. The summed E-state index contributed by atoms with van der Waals surface area (Å²) in [7, 11) is 1.72. The fraction of sp³-hybridized carbons (Fsp3) is 0.267. The molecule has 0 saturated heterocycles. The second-order valence-electron chi connectivity index (χ2n) is 4.74. The van der Waals surface area contributed by atoms with Crippen LogP contribution < -0.4 is 10.9 Å². The number of nitrogens with zero attached hydrogens (tertiary/aromatic N) is 1. The Balaban J connectivity index is 2.00. The molecule has 2 aromatic rings. The summed E-state index contributed by atoms with van der Waals surface area (Å²) in [5.74, 6) is -0.220. The summed E-state index contributed by atoms with van der Waals surface area (Å²) in [6.45, 7) is 2.05. The van der Waals surface area contributed by atoms with Gasteiger partial charge in [-0.05, 0) is 37.1 Å². The van der Waals surface area contributed by atoms with E-state index in [9.17, 15) is 9.18 Å². The zero-order valence-corrected chi connectivity index (χ0v) is 11.1. The number of rotatable bonds is 4. The number of nitrogens with one attached hydrogen (secondary N) is 1. The first-order chi connectivity index (χ1) is 9.04. The molecule has 0 fully saturated rings. The Bertz CT molecular complexity index is 604. The Kier molecular flexibility index (Phi) is 4.00. The number of benzene rings is 1. The first kappa shape index (κ1) is 13.3. The van der Waals surface area contributed by atoms with Crippen LogP contribution in [0.1, 0.15) is 12.5 Å². The van der Waals surface area contributed by atoms with Gasteiger partial charge in [0.15, 0.2) is 0 Å². The highest BCUT2D eigenvalue weighted by Crippen LogP contribution is 2.10. The van der Waals surface area contributed by atoms with Crippen molar-refractivity contribution < 1.29 is 4.39 Å². The molecule has 0 saturated carbocycles. The summed E-state index contributed by atoms with van der Waals surface area (Å²) in [6, 6.07) is 10.0. The van der Waals surface area contributed by atoms with Gasteiger partial charge in [0.1, 0.15) is 5.82 Å². The first-order valence-corrected chi connectivity index (χ1v) is 6.22. The second-order valence-corrected chi connectivity index (χ2v) is 4.74. The number of hydrogen-bond donors (Lipinski definition) is 1. The molecule has 3 nitrogen and oxygen atoms in total. The van der Waals surface area contributed by atoms with Crippen LogP contribution in [0, 0.1) is 5.82 Å². The van der Waals surface area contributed by atoms with E-state index in [4.69, 9.17) is 0 Å². The van der Waals surface area contributed by atoms with E-state index in [1.54, 1.807) is 31.4 Å². The van der Waals surface area contributed by atoms with Crippen LogP contribution in [0.5, 0.6) is 0 Å². The quantitative estimate of drug-likeness (QED) is 0.916. The molecular weight excluding hydrogens is 243 g/mol. The fourth-order valence-corrected chi connectivity index (χ4v) is 1.99. The lowest BCUT2D eigenvalue weighted by molar-refractivity contribution is 0.626. The van der Waals surface area contributed by atoms with Crippen LogP contribution >= 0.6 is 0 Å². The predicted molar refractivity (Wildman–Crippen MR) is 74.9 cm³/mol. The van der Waals surface area contributed by atoms with Crippen LogP contribution in [0.4, 0.5) is 10.1 Å². The van der Waals surface area contributed by atoms with Crippen LogP contribution in [-0.2, 0) is 13.5 Å². The third-order valence-electron chi connectivity index (χ3n) is 2.95. The molecule has 0 bridgehead atoms. The molecule has 4 heteroatoms. The number of halogens is 1. The topological polar surface area (TPSA) is 34.0 Å². The highest BCUT2D eigenvalue weighted by Gasteiger charge is 2.04. The molecule has 0 aliphatic carbocycles.